The Labute approximate surface area is 222 Å². The minimum Gasteiger partial charge on any atom is -0.488 e. The standard InChI is InChI=1S/C28H25BrN2O4S/c1-2-34-28(33)25-22-8-4-6-10-24(22)36-27(25)31-26(32)20(16-30)15-19-7-3-5-9-23(19)35-17-18-11-13-21(29)14-12-18/h3,5,7,9,11-15H,2,4,6,8,10,17H2,1H3,(H,31,32)/b20-15+. The molecule has 6 nitrogen and oxygen atoms in total. The summed E-state index contributed by atoms with van der Waals surface area (Å²) in [5.41, 5.74) is 2.88. The van der Waals surface area contributed by atoms with Gasteiger partial charge >= 0.3 is 5.97 Å². The van der Waals surface area contributed by atoms with Gasteiger partial charge in [-0.2, -0.15) is 5.26 Å². The lowest BCUT2D eigenvalue weighted by atomic mass is 9.95. The van der Waals surface area contributed by atoms with Gasteiger partial charge in [0.15, 0.2) is 0 Å². The SMILES string of the molecule is CCOC(=O)c1c(NC(=O)/C(C#N)=C/c2ccccc2OCc2ccc(Br)cc2)sc2c1CCCC2. The zero-order valence-corrected chi connectivity index (χ0v) is 22.2. The quantitative estimate of drug-likeness (QED) is 0.187. The maximum atomic E-state index is 13.1. The van der Waals surface area contributed by atoms with Gasteiger partial charge in [0.25, 0.3) is 5.91 Å². The number of aryl methyl sites for hydroxylation is 1. The van der Waals surface area contributed by atoms with E-state index in [2.05, 4.69) is 21.2 Å². The summed E-state index contributed by atoms with van der Waals surface area (Å²) < 4.78 is 12.2. The van der Waals surface area contributed by atoms with E-state index in [1.807, 2.05) is 42.5 Å². The van der Waals surface area contributed by atoms with Crippen LogP contribution in [0.2, 0.25) is 0 Å². The Morgan fingerprint density at radius 1 is 1.14 bits per heavy atom. The molecular weight excluding hydrogens is 540 g/mol. The molecule has 1 N–H and O–H groups in total. The van der Waals surface area contributed by atoms with E-state index in [1.54, 1.807) is 19.1 Å². The van der Waals surface area contributed by atoms with Crippen molar-refractivity contribution in [3.05, 3.63) is 85.7 Å². The molecule has 1 amide bonds. The summed E-state index contributed by atoms with van der Waals surface area (Å²) in [4.78, 5) is 26.9. The summed E-state index contributed by atoms with van der Waals surface area (Å²) in [7, 11) is 0. The number of para-hydroxylation sites is 1. The Hall–Kier alpha value is -3.41. The number of rotatable bonds is 8. The number of fused-ring (bicyclic) bond motifs is 1. The predicted molar refractivity (Wildman–Crippen MR) is 144 cm³/mol. The number of thiophene rings is 1. The van der Waals surface area contributed by atoms with Gasteiger partial charge in [-0.1, -0.05) is 46.3 Å². The van der Waals surface area contributed by atoms with Gasteiger partial charge in [0.05, 0.1) is 12.2 Å². The molecule has 36 heavy (non-hydrogen) atoms. The van der Waals surface area contributed by atoms with E-state index >= 15 is 0 Å². The van der Waals surface area contributed by atoms with Crippen LogP contribution in [-0.4, -0.2) is 18.5 Å². The van der Waals surface area contributed by atoms with E-state index in [0.29, 0.717) is 28.5 Å². The van der Waals surface area contributed by atoms with Gasteiger partial charge in [-0.15, -0.1) is 11.3 Å². The van der Waals surface area contributed by atoms with E-state index < -0.39 is 11.9 Å². The van der Waals surface area contributed by atoms with Gasteiger partial charge in [-0.25, -0.2) is 4.79 Å². The third-order valence-corrected chi connectivity index (χ3v) is 7.51. The Balaban J connectivity index is 1.57. The Morgan fingerprint density at radius 2 is 1.89 bits per heavy atom. The van der Waals surface area contributed by atoms with Crippen LogP contribution in [0, 0.1) is 11.3 Å². The fourth-order valence-electron chi connectivity index (χ4n) is 4.02. The molecule has 0 saturated carbocycles. The van der Waals surface area contributed by atoms with E-state index in [-0.39, 0.29) is 12.2 Å². The monoisotopic (exact) mass is 564 g/mol. The lowest BCUT2D eigenvalue weighted by Gasteiger charge is -2.12. The number of amides is 1. The highest BCUT2D eigenvalue weighted by atomic mass is 79.9. The van der Waals surface area contributed by atoms with E-state index in [9.17, 15) is 14.9 Å². The highest BCUT2D eigenvalue weighted by molar-refractivity contribution is 9.10. The van der Waals surface area contributed by atoms with Crippen molar-refractivity contribution < 1.29 is 19.1 Å². The lowest BCUT2D eigenvalue weighted by molar-refractivity contribution is -0.112. The Bertz CT molecular complexity index is 1340. The summed E-state index contributed by atoms with van der Waals surface area (Å²) in [6.07, 6.45) is 5.18. The maximum absolute atomic E-state index is 13.1. The molecule has 3 aromatic rings. The second-order valence-electron chi connectivity index (χ2n) is 8.21. The molecule has 0 bridgehead atoms. The fraction of sp³-hybridized carbons (Fsp3) is 0.250. The number of benzene rings is 2. The Morgan fingerprint density at radius 3 is 2.64 bits per heavy atom. The van der Waals surface area contributed by atoms with Crippen molar-refractivity contribution in [3.63, 3.8) is 0 Å². The van der Waals surface area contributed by atoms with E-state index in [0.717, 1.165) is 46.2 Å². The first-order valence-corrected chi connectivity index (χ1v) is 13.3. The Kier molecular flexibility index (Phi) is 8.57. The molecule has 4 rings (SSSR count). The molecule has 0 saturated heterocycles. The molecule has 1 aliphatic rings. The number of carbonyl (C=O) groups excluding carboxylic acids is 2. The lowest BCUT2D eigenvalue weighted by Crippen LogP contribution is -2.16. The first-order chi connectivity index (χ1) is 17.5. The topological polar surface area (TPSA) is 88.4 Å². The average molecular weight is 565 g/mol. The van der Waals surface area contributed by atoms with Crippen LogP contribution in [0.5, 0.6) is 5.75 Å². The summed E-state index contributed by atoms with van der Waals surface area (Å²) in [6.45, 7) is 2.34. The molecule has 1 aliphatic carbocycles. The van der Waals surface area contributed by atoms with Crippen LogP contribution in [0.4, 0.5) is 5.00 Å². The molecule has 0 aliphatic heterocycles. The number of nitriles is 1. The normalized spacial score (nSPS) is 12.9. The van der Waals surface area contributed by atoms with Crippen molar-refractivity contribution in [1.82, 2.24) is 0 Å². The highest BCUT2D eigenvalue weighted by Crippen LogP contribution is 2.39. The van der Waals surface area contributed by atoms with Crippen molar-refractivity contribution in [1.29, 1.82) is 5.26 Å². The largest absolute Gasteiger partial charge is 0.488 e. The number of nitrogens with one attached hydrogen (secondary N) is 1. The third-order valence-electron chi connectivity index (χ3n) is 5.77. The third kappa shape index (κ3) is 6.04. The van der Waals surface area contributed by atoms with E-state index in [1.165, 1.54) is 17.4 Å². The molecule has 0 unspecified atom stereocenters. The number of halogens is 1. The molecule has 1 aromatic heterocycles. The molecule has 1 heterocycles. The fourth-order valence-corrected chi connectivity index (χ4v) is 5.56. The minimum absolute atomic E-state index is 0.0872. The molecular formula is C28H25BrN2O4S. The molecule has 0 radical (unpaired) electrons. The summed E-state index contributed by atoms with van der Waals surface area (Å²) in [5.74, 6) is -0.467. The van der Waals surface area contributed by atoms with Gasteiger partial charge in [0.2, 0.25) is 0 Å². The van der Waals surface area contributed by atoms with Gasteiger partial charge in [-0.05, 0) is 68.0 Å². The van der Waals surface area contributed by atoms with E-state index in [4.69, 9.17) is 9.47 Å². The highest BCUT2D eigenvalue weighted by Gasteiger charge is 2.27. The van der Waals surface area contributed by atoms with Gasteiger partial charge in [0.1, 0.15) is 29.0 Å². The molecule has 184 valence electrons. The second kappa shape index (κ2) is 12.0. The van der Waals surface area contributed by atoms with Gasteiger partial charge in [-0.3, -0.25) is 4.79 Å². The van der Waals surface area contributed by atoms with Crippen molar-refractivity contribution in [2.24, 2.45) is 0 Å². The van der Waals surface area contributed by atoms with Gasteiger partial charge < -0.3 is 14.8 Å². The number of ether oxygens (including phenoxy) is 2. The minimum atomic E-state index is -0.579. The zero-order valence-electron chi connectivity index (χ0n) is 19.8. The summed E-state index contributed by atoms with van der Waals surface area (Å²) >= 11 is 4.81. The zero-order chi connectivity index (χ0) is 25.5. The van der Waals surface area contributed by atoms with Gasteiger partial charge in [0, 0.05) is 14.9 Å². The number of hydrogen-bond donors (Lipinski definition) is 1. The molecule has 0 spiro atoms. The first kappa shape index (κ1) is 25.7. The van der Waals surface area contributed by atoms with Crippen molar-refractivity contribution in [3.8, 4) is 11.8 Å². The molecule has 0 fully saturated rings. The number of carbonyl (C=O) groups is 2. The van der Waals surface area contributed by atoms with Crippen LogP contribution >= 0.6 is 27.3 Å². The molecule has 0 atom stereocenters. The van der Waals surface area contributed by atoms with Crippen molar-refractivity contribution in [2.45, 2.75) is 39.2 Å². The smallest absolute Gasteiger partial charge is 0.341 e. The predicted octanol–water partition coefficient (Wildman–Crippen LogP) is 6.69. The number of hydrogen-bond acceptors (Lipinski definition) is 6. The number of nitrogens with zero attached hydrogens (tertiary/aromatic N) is 1. The van der Waals surface area contributed by atoms with Crippen molar-refractivity contribution in [2.75, 3.05) is 11.9 Å². The molecule has 2 aromatic carbocycles. The van der Waals surface area contributed by atoms with Crippen LogP contribution in [-0.2, 0) is 29.0 Å². The second-order valence-corrected chi connectivity index (χ2v) is 10.2. The van der Waals surface area contributed by atoms with Crippen LogP contribution in [0.1, 0.15) is 51.7 Å². The number of esters is 1. The van der Waals surface area contributed by atoms with Crippen LogP contribution < -0.4 is 10.1 Å². The van der Waals surface area contributed by atoms with Crippen LogP contribution in [0.15, 0.2) is 58.6 Å². The first-order valence-electron chi connectivity index (χ1n) is 11.7. The summed E-state index contributed by atoms with van der Waals surface area (Å²) in [6, 6.07) is 17.0. The van der Waals surface area contributed by atoms with Crippen LogP contribution in [0.25, 0.3) is 6.08 Å². The average Bonchev–Trinajstić information content (AvgIpc) is 3.25. The molecule has 8 heteroatoms. The van der Waals surface area contributed by atoms with Crippen LogP contribution in [0.3, 0.4) is 0 Å². The maximum Gasteiger partial charge on any atom is 0.341 e. The number of anilines is 1. The van der Waals surface area contributed by atoms with Crippen molar-refractivity contribution >= 4 is 50.2 Å². The summed E-state index contributed by atoms with van der Waals surface area (Å²) in [5, 5.41) is 13.0.